The number of amides is 1. The maximum absolute atomic E-state index is 13.3. The van der Waals surface area contributed by atoms with Crippen molar-refractivity contribution in [3.63, 3.8) is 0 Å². The van der Waals surface area contributed by atoms with Crippen molar-refractivity contribution in [2.24, 2.45) is 0 Å². The SMILES string of the molecule is CC1(C)CCC2C(=O)CC(=O)N(Cc3cccc(F)c3)N21. The van der Waals surface area contributed by atoms with Crippen LogP contribution in [0, 0.1) is 5.82 Å². The summed E-state index contributed by atoms with van der Waals surface area (Å²) in [5, 5.41) is 3.54. The van der Waals surface area contributed by atoms with Gasteiger partial charge in [-0.3, -0.25) is 14.6 Å². The number of Topliss-reactive ketones (excluding diaryl/α,β-unsaturated/α-hetero) is 1. The first-order chi connectivity index (χ1) is 9.88. The molecule has 0 N–H and O–H groups in total. The van der Waals surface area contributed by atoms with Crippen LogP contribution >= 0.6 is 0 Å². The van der Waals surface area contributed by atoms with Crippen molar-refractivity contribution in [2.75, 3.05) is 0 Å². The van der Waals surface area contributed by atoms with Gasteiger partial charge in [-0.05, 0) is 44.4 Å². The molecule has 2 heterocycles. The van der Waals surface area contributed by atoms with Gasteiger partial charge in [0.1, 0.15) is 5.82 Å². The van der Waals surface area contributed by atoms with Crippen molar-refractivity contribution in [3.8, 4) is 0 Å². The molecule has 0 bridgehead atoms. The van der Waals surface area contributed by atoms with E-state index in [2.05, 4.69) is 0 Å². The second-order valence-corrected chi connectivity index (χ2v) is 6.44. The van der Waals surface area contributed by atoms with Crippen molar-refractivity contribution in [2.45, 2.75) is 51.2 Å². The molecule has 1 aromatic rings. The Labute approximate surface area is 123 Å². The normalized spacial score (nSPS) is 25.3. The number of carbonyl (C=O) groups is 2. The molecule has 0 spiro atoms. The minimum atomic E-state index is -0.315. The highest BCUT2D eigenvalue weighted by atomic mass is 19.1. The van der Waals surface area contributed by atoms with Crippen molar-refractivity contribution >= 4 is 11.7 Å². The van der Waals surface area contributed by atoms with Gasteiger partial charge in [0.25, 0.3) is 0 Å². The predicted octanol–water partition coefficient (Wildman–Crippen LogP) is 2.29. The summed E-state index contributed by atoms with van der Waals surface area (Å²) in [4.78, 5) is 24.4. The van der Waals surface area contributed by atoms with Crippen LogP contribution in [0.3, 0.4) is 0 Å². The molecular formula is C16H19FN2O2. The zero-order valence-corrected chi connectivity index (χ0v) is 12.3. The lowest BCUT2D eigenvalue weighted by Gasteiger charge is -2.46. The second kappa shape index (κ2) is 4.91. The summed E-state index contributed by atoms with van der Waals surface area (Å²) in [5.41, 5.74) is 0.503. The number of benzene rings is 1. The summed E-state index contributed by atoms with van der Waals surface area (Å²) in [6.07, 6.45) is 1.60. The highest BCUT2D eigenvalue weighted by Gasteiger charge is 2.50. The summed E-state index contributed by atoms with van der Waals surface area (Å²) in [6.45, 7) is 4.39. The summed E-state index contributed by atoms with van der Waals surface area (Å²) in [5.74, 6) is -0.512. The number of nitrogens with zero attached hydrogens (tertiary/aromatic N) is 2. The van der Waals surface area contributed by atoms with Crippen molar-refractivity contribution < 1.29 is 14.0 Å². The fraction of sp³-hybridized carbons (Fsp3) is 0.500. The van der Waals surface area contributed by atoms with Gasteiger partial charge >= 0.3 is 0 Å². The molecule has 3 rings (SSSR count). The standard InChI is InChI=1S/C16H19FN2O2/c1-16(2)7-6-13-14(20)9-15(21)18(19(13)16)10-11-4-3-5-12(17)8-11/h3-5,8,13H,6-7,9-10H2,1-2H3. The highest BCUT2D eigenvalue weighted by molar-refractivity contribution is 6.02. The summed E-state index contributed by atoms with van der Waals surface area (Å²) in [6, 6.07) is 6.03. The molecule has 0 radical (unpaired) electrons. The number of ketones is 1. The van der Waals surface area contributed by atoms with Crippen LogP contribution in [0.15, 0.2) is 24.3 Å². The molecule has 2 fully saturated rings. The van der Waals surface area contributed by atoms with E-state index < -0.39 is 0 Å². The Morgan fingerprint density at radius 2 is 2.10 bits per heavy atom. The lowest BCUT2D eigenvalue weighted by atomic mass is 10.0. The van der Waals surface area contributed by atoms with E-state index in [1.165, 1.54) is 12.1 Å². The van der Waals surface area contributed by atoms with E-state index in [0.29, 0.717) is 6.54 Å². The molecule has 1 atom stereocenters. The van der Waals surface area contributed by atoms with Crippen LogP contribution in [0.2, 0.25) is 0 Å². The first kappa shape index (κ1) is 14.2. The number of halogens is 1. The monoisotopic (exact) mass is 290 g/mol. The van der Waals surface area contributed by atoms with Crippen LogP contribution in [-0.4, -0.2) is 33.3 Å². The number of fused-ring (bicyclic) bond motifs is 1. The lowest BCUT2D eigenvalue weighted by Crippen LogP contribution is -2.61. The second-order valence-electron chi connectivity index (χ2n) is 6.44. The molecule has 0 aromatic heterocycles. The van der Waals surface area contributed by atoms with E-state index in [0.717, 1.165) is 18.4 Å². The zero-order valence-electron chi connectivity index (χ0n) is 12.3. The fourth-order valence-corrected chi connectivity index (χ4v) is 3.39. The minimum absolute atomic E-state index is 0.000988. The number of rotatable bonds is 2. The smallest absolute Gasteiger partial charge is 0.244 e. The van der Waals surface area contributed by atoms with E-state index in [1.807, 2.05) is 18.9 Å². The molecule has 112 valence electrons. The predicted molar refractivity (Wildman–Crippen MR) is 75.5 cm³/mol. The number of hydrogen-bond donors (Lipinski definition) is 0. The number of hydrazine groups is 1. The van der Waals surface area contributed by atoms with Gasteiger partial charge in [0.15, 0.2) is 5.78 Å². The number of hydrogen-bond acceptors (Lipinski definition) is 3. The van der Waals surface area contributed by atoms with Crippen LogP contribution in [0.5, 0.6) is 0 Å². The molecule has 2 aliphatic rings. The minimum Gasteiger partial charge on any atom is -0.297 e. The molecular weight excluding hydrogens is 271 g/mol. The largest absolute Gasteiger partial charge is 0.297 e. The zero-order chi connectivity index (χ0) is 15.2. The molecule has 5 heteroatoms. The average Bonchev–Trinajstić information content (AvgIpc) is 2.71. The highest BCUT2D eigenvalue weighted by Crippen LogP contribution is 2.39. The van der Waals surface area contributed by atoms with Crippen molar-refractivity contribution in [1.82, 2.24) is 10.0 Å². The average molecular weight is 290 g/mol. The van der Waals surface area contributed by atoms with Crippen molar-refractivity contribution in [3.05, 3.63) is 35.6 Å². The fourth-order valence-electron chi connectivity index (χ4n) is 3.39. The third-order valence-electron chi connectivity index (χ3n) is 4.41. The van der Waals surface area contributed by atoms with Gasteiger partial charge in [0, 0.05) is 5.54 Å². The Morgan fingerprint density at radius 3 is 2.81 bits per heavy atom. The van der Waals surface area contributed by atoms with Crippen LogP contribution in [0.25, 0.3) is 0 Å². The van der Waals surface area contributed by atoms with E-state index in [9.17, 15) is 14.0 Å². The molecule has 2 aliphatic heterocycles. The van der Waals surface area contributed by atoms with Crippen LogP contribution < -0.4 is 0 Å². The first-order valence-corrected chi connectivity index (χ1v) is 7.25. The third-order valence-corrected chi connectivity index (χ3v) is 4.41. The quantitative estimate of drug-likeness (QED) is 0.785. The maximum Gasteiger partial charge on any atom is 0.244 e. The van der Waals surface area contributed by atoms with Gasteiger partial charge < -0.3 is 0 Å². The Hall–Kier alpha value is -1.75. The Morgan fingerprint density at radius 1 is 1.33 bits per heavy atom. The topological polar surface area (TPSA) is 40.6 Å². The van der Waals surface area contributed by atoms with E-state index in [-0.39, 0.29) is 35.5 Å². The molecule has 4 nitrogen and oxygen atoms in total. The van der Waals surface area contributed by atoms with E-state index >= 15 is 0 Å². The Bertz CT molecular complexity index is 600. The van der Waals surface area contributed by atoms with Gasteiger partial charge in [0.2, 0.25) is 5.91 Å². The summed E-state index contributed by atoms with van der Waals surface area (Å²) in [7, 11) is 0. The molecule has 21 heavy (non-hydrogen) atoms. The first-order valence-electron chi connectivity index (χ1n) is 7.25. The maximum atomic E-state index is 13.3. The Balaban J connectivity index is 1.91. The molecule has 1 amide bonds. The molecule has 1 aromatic carbocycles. The van der Waals surface area contributed by atoms with Crippen molar-refractivity contribution in [1.29, 1.82) is 0 Å². The summed E-state index contributed by atoms with van der Waals surface area (Å²) < 4.78 is 13.3. The summed E-state index contributed by atoms with van der Waals surface area (Å²) >= 11 is 0. The van der Waals surface area contributed by atoms with Gasteiger partial charge in [-0.25, -0.2) is 9.40 Å². The molecule has 0 aliphatic carbocycles. The van der Waals surface area contributed by atoms with Crippen LogP contribution in [0.4, 0.5) is 4.39 Å². The van der Waals surface area contributed by atoms with Gasteiger partial charge in [-0.1, -0.05) is 12.1 Å². The van der Waals surface area contributed by atoms with Gasteiger partial charge in [0.05, 0.1) is 19.0 Å². The lowest BCUT2D eigenvalue weighted by molar-refractivity contribution is -0.177. The molecule has 0 saturated carbocycles. The molecule has 1 unspecified atom stereocenters. The van der Waals surface area contributed by atoms with E-state index in [4.69, 9.17) is 0 Å². The Kier molecular flexibility index (Phi) is 3.32. The van der Waals surface area contributed by atoms with Crippen LogP contribution in [-0.2, 0) is 16.1 Å². The van der Waals surface area contributed by atoms with Gasteiger partial charge in [-0.2, -0.15) is 0 Å². The van der Waals surface area contributed by atoms with Crippen LogP contribution in [0.1, 0.15) is 38.7 Å². The molecule has 2 saturated heterocycles. The third kappa shape index (κ3) is 2.46. The number of carbonyl (C=O) groups excluding carboxylic acids is 2. The van der Waals surface area contributed by atoms with Gasteiger partial charge in [-0.15, -0.1) is 0 Å². The van der Waals surface area contributed by atoms with E-state index in [1.54, 1.807) is 17.1 Å².